The number of rotatable bonds is 3. The number of fused-ring (bicyclic) bond motifs is 1. The van der Waals surface area contributed by atoms with Crippen molar-refractivity contribution in [1.82, 2.24) is 10.3 Å². The quantitative estimate of drug-likeness (QED) is 0.792. The van der Waals surface area contributed by atoms with Crippen molar-refractivity contribution in [3.8, 4) is 0 Å². The molecule has 0 aromatic carbocycles. The van der Waals surface area contributed by atoms with Gasteiger partial charge in [0.05, 0.1) is 5.69 Å². The van der Waals surface area contributed by atoms with E-state index in [1.807, 2.05) is 12.3 Å². The second-order valence-corrected chi connectivity index (χ2v) is 3.95. The van der Waals surface area contributed by atoms with Gasteiger partial charge in [-0.15, -0.1) is 0 Å². The molecule has 14 heavy (non-hydrogen) atoms. The van der Waals surface area contributed by atoms with Crippen molar-refractivity contribution in [2.75, 3.05) is 6.54 Å². The number of hydrogen-bond donors (Lipinski definition) is 1. The highest BCUT2D eigenvalue weighted by atomic mass is 14.9. The Hall–Kier alpha value is -0.890. The molecule has 2 nitrogen and oxygen atoms in total. The largest absolute Gasteiger partial charge is 0.309 e. The average Bonchev–Trinajstić information content (AvgIpc) is 2.26. The molecule has 1 aromatic rings. The lowest BCUT2D eigenvalue weighted by atomic mass is 9.92. The fraction of sp³-hybridized carbons (Fsp3) is 0.583. The van der Waals surface area contributed by atoms with E-state index in [1.54, 1.807) is 0 Å². The molecule has 0 aliphatic heterocycles. The summed E-state index contributed by atoms with van der Waals surface area (Å²) in [5, 5.41) is 3.56. The summed E-state index contributed by atoms with van der Waals surface area (Å²) in [7, 11) is 0. The van der Waals surface area contributed by atoms with Crippen LogP contribution in [0.4, 0.5) is 0 Å². The summed E-state index contributed by atoms with van der Waals surface area (Å²) in [6, 6.07) is 4.75. The average molecular weight is 190 g/mol. The van der Waals surface area contributed by atoms with Crippen molar-refractivity contribution < 1.29 is 0 Å². The zero-order valence-corrected chi connectivity index (χ0v) is 8.79. The van der Waals surface area contributed by atoms with Crippen molar-refractivity contribution in [2.24, 2.45) is 0 Å². The molecule has 0 radical (unpaired) electrons. The first-order valence-corrected chi connectivity index (χ1v) is 5.59. The van der Waals surface area contributed by atoms with E-state index in [-0.39, 0.29) is 0 Å². The number of nitrogens with one attached hydrogen (secondary N) is 1. The van der Waals surface area contributed by atoms with Crippen molar-refractivity contribution in [3.05, 3.63) is 29.6 Å². The summed E-state index contributed by atoms with van der Waals surface area (Å²) >= 11 is 0. The Morgan fingerprint density at radius 2 is 2.50 bits per heavy atom. The van der Waals surface area contributed by atoms with Crippen LogP contribution in [0.25, 0.3) is 0 Å². The zero-order valence-electron chi connectivity index (χ0n) is 8.79. The van der Waals surface area contributed by atoms with Gasteiger partial charge >= 0.3 is 0 Å². The highest BCUT2D eigenvalue weighted by Gasteiger charge is 2.19. The summed E-state index contributed by atoms with van der Waals surface area (Å²) in [5.41, 5.74) is 2.72. The van der Waals surface area contributed by atoms with Gasteiger partial charge in [-0.2, -0.15) is 0 Å². The van der Waals surface area contributed by atoms with Gasteiger partial charge in [-0.3, -0.25) is 4.98 Å². The molecule has 0 bridgehead atoms. The maximum Gasteiger partial charge on any atom is 0.0605 e. The Morgan fingerprint density at radius 1 is 1.57 bits per heavy atom. The van der Waals surface area contributed by atoms with Crippen LogP contribution >= 0.6 is 0 Å². The summed E-state index contributed by atoms with van der Waals surface area (Å²) in [6.07, 6.45) is 6.83. The van der Waals surface area contributed by atoms with Gasteiger partial charge in [0.15, 0.2) is 0 Å². The normalized spacial score (nSPS) is 20.5. The van der Waals surface area contributed by atoms with Gasteiger partial charge in [0.1, 0.15) is 0 Å². The fourth-order valence-corrected chi connectivity index (χ4v) is 2.13. The molecule has 1 unspecified atom stereocenters. The predicted octanol–water partition coefficient (Wildman–Crippen LogP) is 2.46. The summed E-state index contributed by atoms with van der Waals surface area (Å²) in [6.45, 7) is 3.30. The van der Waals surface area contributed by atoms with Gasteiger partial charge in [0.2, 0.25) is 0 Å². The van der Waals surface area contributed by atoms with E-state index in [1.165, 1.54) is 36.9 Å². The third-order valence-corrected chi connectivity index (χ3v) is 2.84. The van der Waals surface area contributed by atoms with E-state index in [2.05, 4.69) is 23.3 Å². The molecule has 0 amide bonds. The molecule has 1 atom stereocenters. The summed E-state index contributed by atoms with van der Waals surface area (Å²) in [5.74, 6) is 0. The van der Waals surface area contributed by atoms with Crippen LogP contribution in [0.2, 0.25) is 0 Å². The van der Waals surface area contributed by atoms with Crippen molar-refractivity contribution in [2.45, 2.75) is 38.6 Å². The molecule has 2 heteroatoms. The second kappa shape index (κ2) is 4.56. The molecule has 0 spiro atoms. The number of hydrogen-bond acceptors (Lipinski definition) is 2. The van der Waals surface area contributed by atoms with Gasteiger partial charge in [-0.1, -0.05) is 13.0 Å². The lowest BCUT2D eigenvalue weighted by molar-refractivity contribution is 0.449. The molecule has 1 N–H and O–H groups in total. The smallest absolute Gasteiger partial charge is 0.0605 e. The lowest BCUT2D eigenvalue weighted by Gasteiger charge is -2.24. The molecular formula is C12H18N2. The minimum atomic E-state index is 0.500. The Kier molecular flexibility index (Phi) is 3.14. The fourth-order valence-electron chi connectivity index (χ4n) is 2.13. The third-order valence-electron chi connectivity index (χ3n) is 2.84. The number of aromatic nitrogens is 1. The van der Waals surface area contributed by atoms with Crippen molar-refractivity contribution in [3.63, 3.8) is 0 Å². The Balaban J connectivity index is 2.14. The van der Waals surface area contributed by atoms with Gasteiger partial charge in [0, 0.05) is 12.2 Å². The molecule has 1 aromatic heterocycles. The highest BCUT2D eigenvalue weighted by molar-refractivity contribution is 5.25. The van der Waals surface area contributed by atoms with Crippen LogP contribution in [0.5, 0.6) is 0 Å². The maximum absolute atomic E-state index is 4.49. The first kappa shape index (κ1) is 9.66. The van der Waals surface area contributed by atoms with E-state index >= 15 is 0 Å². The number of pyridine rings is 1. The van der Waals surface area contributed by atoms with Crippen LogP contribution < -0.4 is 5.32 Å². The molecule has 1 aliphatic rings. The molecule has 0 saturated heterocycles. The van der Waals surface area contributed by atoms with Gasteiger partial charge < -0.3 is 5.32 Å². The summed E-state index contributed by atoms with van der Waals surface area (Å²) in [4.78, 5) is 4.49. The Bertz CT molecular complexity index is 296. The van der Waals surface area contributed by atoms with E-state index in [4.69, 9.17) is 0 Å². The van der Waals surface area contributed by atoms with Crippen LogP contribution in [0.3, 0.4) is 0 Å². The van der Waals surface area contributed by atoms with Crippen LogP contribution in [0.1, 0.15) is 43.5 Å². The SMILES string of the molecule is CCCNC1CCCc2cccnc21. The van der Waals surface area contributed by atoms with E-state index in [9.17, 15) is 0 Å². The van der Waals surface area contributed by atoms with Crippen LogP contribution in [-0.2, 0) is 6.42 Å². The van der Waals surface area contributed by atoms with Crippen LogP contribution in [-0.4, -0.2) is 11.5 Å². The molecule has 1 aliphatic carbocycles. The van der Waals surface area contributed by atoms with Gasteiger partial charge in [-0.25, -0.2) is 0 Å². The Morgan fingerprint density at radius 3 is 3.36 bits per heavy atom. The number of aryl methyl sites for hydroxylation is 1. The van der Waals surface area contributed by atoms with E-state index in [0.717, 1.165) is 6.54 Å². The standard InChI is InChI=1S/C12H18N2/c1-2-8-13-11-7-3-5-10-6-4-9-14-12(10)11/h4,6,9,11,13H,2-3,5,7-8H2,1H3. The van der Waals surface area contributed by atoms with Crippen LogP contribution in [0.15, 0.2) is 18.3 Å². The topological polar surface area (TPSA) is 24.9 Å². The molecule has 2 rings (SSSR count). The predicted molar refractivity (Wildman–Crippen MR) is 58.2 cm³/mol. The Labute approximate surface area is 85.7 Å². The maximum atomic E-state index is 4.49. The zero-order chi connectivity index (χ0) is 9.80. The highest BCUT2D eigenvalue weighted by Crippen LogP contribution is 2.27. The molecule has 0 fully saturated rings. The molecular weight excluding hydrogens is 172 g/mol. The summed E-state index contributed by atoms with van der Waals surface area (Å²) < 4.78 is 0. The minimum absolute atomic E-state index is 0.500. The minimum Gasteiger partial charge on any atom is -0.309 e. The lowest BCUT2D eigenvalue weighted by Crippen LogP contribution is -2.26. The van der Waals surface area contributed by atoms with Crippen molar-refractivity contribution in [1.29, 1.82) is 0 Å². The van der Waals surface area contributed by atoms with E-state index < -0.39 is 0 Å². The molecule has 1 heterocycles. The number of nitrogens with zero attached hydrogens (tertiary/aromatic N) is 1. The van der Waals surface area contributed by atoms with E-state index in [0.29, 0.717) is 6.04 Å². The third kappa shape index (κ3) is 1.95. The molecule has 76 valence electrons. The van der Waals surface area contributed by atoms with Gasteiger partial charge in [-0.05, 0) is 43.9 Å². The second-order valence-electron chi connectivity index (χ2n) is 3.95. The van der Waals surface area contributed by atoms with Crippen molar-refractivity contribution >= 4 is 0 Å². The monoisotopic (exact) mass is 190 g/mol. The van der Waals surface area contributed by atoms with Gasteiger partial charge in [0.25, 0.3) is 0 Å². The first-order valence-electron chi connectivity index (χ1n) is 5.59. The van der Waals surface area contributed by atoms with Crippen LogP contribution in [0, 0.1) is 0 Å². The molecule has 0 saturated carbocycles. The first-order chi connectivity index (χ1) is 6.92.